The Balaban J connectivity index is 2.17. The molecule has 0 spiro atoms. The molecular formula is C13H18N4. The fourth-order valence-electron chi connectivity index (χ4n) is 2.01. The summed E-state index contributed by atoms with van der Waals surface area (Å²) >= 11 is 0. The quantitative estimate of drug-likeness (QED) is 0.872. The molecule has 2 rings (SSSR count). The molecule has 0 fully saturated rings. The van der Waals surface area contributed by atoms with Gasteiger partial charge in [-0.25, -0.2) is 0 Å². The van der Waals surface area contributed by atoms with Crippen molar-refractivity contribution in [2.75, 3.05) is 0 Å². The molecule has 2 heterocycles. The Morgan fingerprint density at radius 1 is 1.41 bits per heavy atom. The minimum absolute atomic E-state index is 0.0921. The van der Waals surface area contributed by atoms with E-state index in [4.69, 9.17) is 5.73 Å². The van der Waals surface area contributed by atoms with Crippen molar-refractivity contribution in [1.82, 2.24) is 14.8 Å². The summed E-state index contributed by atoms with van der Waals surface area (Å²) in [6.45, 7) is 4.08. The number of nitrogens with zero attached hydrogens (tertiary/aromatic N) is 3. The van der Waals surface area contributed by atoms with Gasteiger partial charge in [0.2, 0.25) is 0 Å². The van der Waals surface area contributed by atoms with Crippen LogP contribution in [0.2, 0.25) is 0 Å². The fraction of sp³-hybridized carbons (Fsp3) is 0.385. The van der Waals surface area contributed by atoms with Crippen LogP contribution in [0.3, 0.4) is 0 Å². The Bertz CT molecular complexity index is 516. The molecule has 2 aromatic rings. The van der Waals surface area contributed by atoms with Crippen molar-refractivity contribution in [3.63, 3.8) is 0 Å². The SMILES string of the molecule is Cc1cnc(C(N)Cc2ccn(C)n2)c(C)c1. The van der Waals surface area contributed by atoms with Crippen molar-refractivity contribution in [2.45, 2.75) is 26.3 Å². The third-order valence-corrected chi connectivity index (χ3v) is 2.80. The Hall–Kier alpha value is -1.68. The predicted octanol–water partition coefficient (Wildman–Crippen LogP) is 1.67. The van der Waals surface area contributed by atoms with Crippen LogP contribution < -0.4 is 5.73 Å². The number of hydrogen-bond donors (Lipinski definition) is 1. The van der Waals surface area contributed by atoms with Crippen LogP contribution in [0, 0.1) is 13.8 Å². The summed E-state index contributed by atoms with van der Waals surface area (Å²) in [5.74, 6) is 0. The monoisotopic (exact) mass is 230 g/mol. The summed E-state index contributed by atoms with van der Waals surface area (Å²) in [5.41, 5.74) is 10.4. The average Bonchev–Trinajstić information content (AvgIpc) is 2.63. The molecule has 2 aromatic heterocycles. The molecule has 0 aliphatic heterocycles. The van der Waals surface area contributed by atoms with E-state index in [2.05, 4.69) is 16.1 Å². The van der Waals surface area contributed by atoms with Crippen molar-refractivity contribution in [3.8, 4) is 0 Å². The molecule has 0 saturated heterocycles. The van der Waals surface area contributed by atoms with Gasteiger partial charge in [0.25, 0.3) is 0 Å². The largest absolute Gasteiger partial charge is 0.322 e. The lowest BCUT2D eigenvalue weighted by Crippen LogP contribution is -2.17. The third-order valence-electron chi connectivity index (χ3n) is 2.80. The summed E-state index contributed by atoms with van der Waals surface area (Å²) in [6, 6.07) is 4.01. The average molecular weight is 230 g/mol. The molecule has 4 nitrogen and oxygen atoms in total. The van der Waals surface area contributed by atoms with Gasteiger partial charge < -0.3 is 5.73 Å². The van der Waals surface area contributed by atoms with Crippen LogP contribution >= 0.6 is 0 Å². The highest BCUT2D eigenvalue weighted by Crippen LogP contribution is 2.17. The van der Waals surface area contributed by atoms with E-state index >= 15 is 0 Å². The second-order valence-electron chi connectivity index (χ2n) is 4.51. The Morgan fingerprint density at radius 2 is 2.18 bits per heavy atom. The van der Waals surface area contributed by atoms with Crippen LogP contribution in [0.5, 0.6) is 0 Å². The topological polar surface area (TPSA) is 56.7 Å². The molecule has 0 aliphatic rings. The minimum atomic E-state index is -0.0921. The van der Waals surface area contributed by atoms with Gasteiger partial charge in [-0.2, -0.15) is 5.10 Å². The zero-order chi connectivity index (χ0) is 12.4. The van der Waals surface area contributed by atoms with Gasteiger partial charge in [0.05, 0.1) is 17.4 Å². The molecule has 1 atom stereocenters. The van der Waals surface area contributed by atoms with Gasteiger partial charge in [-0.05, 0) is 31.0 Å². The zero-order valence-electron chi connectivity index (χ0n) is 10.5. The van der Waals surface area contributed by atoms with Gasteiger partial charge >= 0.3 is 0 Å². The van der Waals surface area contributed by atoms with Gasteiger partial charge in [-0.15, -0.1) is 0 Å². The maximum atomic E-state index is 6.18. The molecule has 0 saturated carbocycles. The molecule has 0 aliphatic carbocycles. The highest BCUT2D eigenvalue weighted by molar-refractivity contribution is 5.26. The first-order chi connectivity index (χ1) is 8.06. The van der Waals surface area contributed by atoms with E-state index in [1.54, 1.807) is 4.68 Å². The van der Waals surface area contributed by atoms with E-state index < -0.39 is 0 Å². The number of aryl methyl sites for hydroxylation is 3. The maximum Gasteiger partial charge on any atom is 0.0643 e. The Kier molecular flexibility index (Phi) is 3.24. The predicted molar refractivity (Wildman–Crippen MR) is 67.6 cm³/mol. The lowest BCUT2D eigenvalue weighted by Gasteiger charge is -2.12. The minimum Gasteiger partial charge on any atom is -0.322 e. The lowest BCUT2D eigenvalue weighted by atomic mass is 10.0. The van der Waals surface area contributed by atoms with Gasteiger partial charge in [-0.1, -0.05) is 6.07 Å². The highest BCUT2D eigenvalue weighted by atomic mass is 15.2. The number of hydrogen-bond acceptors (Lipinski definition) is 3. The molecule has 1 unspecified atom stereocenters. The van der Waals surface area contributed by atoms with Crippen LogP contribution in [0.15, 0.2) is 24.5 Å². The summed E-state index contributed by atoms with van der Waals surface area (Å²) in [5, 5.41) is 4.33. The van der Waals surface area contributed by atoms with Crippen LogP contribution in [0.25, 0.3) is 0 Å². The second-order valence-corrected chi connectivity index (χ2v) is 4.51. The van der Waals surface area contributed by atoms with E-state index in [9.17, 15) is 0 Å². The standard InChI is InChI=1S/C13H18N4/c1-9-6-10(2)13(15-8-9)12(14)7-11-4-5-17(3)16-11/h4-6,8,12H,7,14H2,1-3H3. The lowest BCUT2D eigenvalue weighted by molar-refractivity contribution is 0.656. The van der Waals surface area contributed by atoms with Crippen LogP contribution in [0.1, 0.15) is 28.6 Å². The van der Waals surface area contributed by atoms with E-state index in [1.165, 1.54) is 0 Å². The zero-order valence-corrected chi connectivity index (χ0v) is 10.5. The van der Waals surface area contributed by atoms with E-state index in [-0.39, 0.29) is 6.04 Å². The summed E-state index contributed by atoms with van der Waals surface area (Å²) in [7, 11) is 1.91. The highest BCUT2D eigenvalue weighted by Gasteiger charge is 2.12. The molecule has 17 heavy (non-hydrogen) atoms. The molecule has 4 heteroatoms. The van der Waals surface area contributed by atoms with Gasteiger partial charge in [0.15, 0.2) is 0 Å². The van der Waals surface area contributed by atoms with Gasteiger partial charge in [0.1, 0.15) is 0 Å². The second kappa shape index (κ2) is 4.67. The molecule has 0 aromatic carbocycles. The van der Waals surface area contributed by atoms with Gasteiger partial charge in [-0.3, -0.25) is 9.67 Å². The fourth-order valence-corrected chi connectivity index (χ4v) is 2.01. The molecule has 90 valence electrons. The summed E-state index contributed by atoms with van der Waals surface area (Å²) in [4.78, 5) is 4.42. The molecule has 0 amide bonds. The van der Waals surface area contributed by atoms with E-state index in [0.29, 0.717) is 0 Å². The van der Waals surface area contributed by atoms with Crippen molar-refractivity contribution < 1.29 is 0 Å². The number of rotatable bonds is 3. The van der Waals surface area contributed by atoms with Crippen LogP contribution in [0.4, 0.5) is 0 Å². The van der Waals surface area contributed by atoms with Crippen molar-refractivity contribution in [3.05, 3.63) is 47.0 Å². The summed E-state index contributed by atoms with van der Waals surface area (Å²) < 4.78 is 1.79. The number of aromatic nitrogens is 3. The normalized spacial score (nSPS) is 12.7. The number of nitrogens with two attached hydrogens (primary N) is 1. The molecular weight excluding hydrogens is 212 g/mol. The number of pyridine rings is 1. The van der Waals surface area contributed by atoms with Crippen LogP contribution in [-0.2, 0) is 13.5 Å². The summed E-state index contributed by atoms with van der Waals surface area (Å²) in [6.07, 6.45) is 4.51. The van der Waals surface area contributed by atoms with Crippen molar-refractivity contribution in [1.29, 1.82) is 0 Å². The van der Waals surface area contributed by atoms with Crippen LogP contribution in [-0.4, -0.2) is 14.8 Å². The van der Waals surface area contributed by atoms with Crippen molar-refractivity contribution >= 4 is 0 Å². The third kappa shape index (κ3) is 2.71. The smallest absolute Gasteiger partial charge is 0.0643 e. The Labute approximate surface area is 101 Å². The molecule has 2 N–H and O–H groups in total. The first kappa shape index (κ1) is 11.8. The van der Waals surface area contributed by atoms with E-state index in [1.807, 2.05) is 39.4 Å². The first-order valence-corrected chi connectivity index (χ1v) is 5.73. The first-order valence-electron chi connectivity index (χ1n) is 5.73. The molecule has 0 bridgehead atoms. The molecule has 0 radical (unpaired) electrons. The van der Waals surface area contributed by atoms with E-state index in [0.717, 1.165) is 28.9 Å². The Morgan fingerprint density at radius 3 is 2.76 bits per heavy atom. The maximum absolute atomic E-state index is 6.18. The van der Waals surface area contributed by atoms with Crippen molar-refractivity contribution in [2.24, 2.45) is 12.8 Å². The van der Waals surface area contributed by atoms with Gasteiger partial charge in [0, 0.05) is 25.9 Å².